The van der Waals surface area contributed by atoms with Gasteiger partial charge in [-0.05, 0) is 38.5 Å². The Labute approximate surface area is 170 Å². The van der Waals surface area contributed by atoms with Crippen molar-refractivity contribution in [2.45, 2.75) is 33.1 Å². The lowest BCUT2D eigenvalue weighted by Crippen LogP contribution is -2.50. The molecule has 1 aliphatic heterocycles. The van der Waals surface area contributed by atoms with Crippen LogP contribution in [0.1, 0.15) is 43.5 Å². The van der Waals surface area contributed by atoms with Gasteiger partial charge < -0.3 is 14.7 Å². The molecule has 1 aromatic carbocycles. The lowest BCUT2D eigenvalue weighted by atomic mass is 10.1. The largest absolute Gasteiger partial charge is 0.343 e. The molecule has 28 heavy (non-hydrogen) atoms. The van der Waals surface area contributed by atoms with Gasteiger partial charge in [-0.15, -0.1) is 0 Å². The van der Waals surface area contributed by atoms with Gasteiger partial charge in [0.25, 0.3) is 5.91 Å². The Morgan fingerprint density at radius 2 is 1.64 bits per heavy atom. The number of carbonyl (C=O) groups excluding carboxylic acids is 3. The van der Waals surface area contributed by atoms with E-state index in [0.717, 1.165) is 0 Å². The number of nitrogens with zero attached hydrogens (tertiary/aromatic N) is 3. The summed E-state index contributed by atoms with van der Waals surface area (Å²) in [5.41, 5.74) is -0.0535. The fourth-order valence-corrected chi connectivity index (χ4v) is 3.45. The van der Waals surface area contributed by atoms with Crippen LogP contribution in [0.4, 0.5) is 4.39 Å². The average molecular weight is 412 g/mol. The predicted molar refractivity (Wildman–Crippen MR) is 106 cm³/mol. The second-order valence-electron chi connectivity index (χ2n) is 6.72. The number of halogens is 2. The number of carbonyl (C=O) groups is 3. The summed E-state index contributed by atoms with van der Waals surface area (Å²) in [4.78, 5) is 41.8. The lowest BCUT2D eigenvalue weighted by molar-refractivity contribution is -0.133. The van der Waals surface area contributed by atoms with Gasteiger partial charge >= 0.3 is 0 Å². The van der Waals surface area contributed by atoms with Crippen molar-refractivity contribution in [2.24, 2.45) is 0 Å². The third-order valence-electron chi connectivity index (χ3n) is 4.98. The molecule has 0 atom stereocenters. The monoisotopic (exact) mass is 411 g/mol. The van der Waals surface area contributed by atoms with Crippen LogP contribution in [0.5, 0.6) is 0 Å². The molecular weight excluding hydrogens is 385 g/mol. The zero-order valence-electron chi connectivity index (χ0n) is 16.4. The third kappa shape index (κ3) is 5.67. The number of piperazine rings is 1. The number of amides is 3. The van der Waals surface area contributed by atoms with Crippen molar-refractivity contribution in [1.82, 2.24) is 14.7 Å². The Kier molecular flexibility index (Phi) is 8.23. The normalized spacial score (nSPS) is 14.1. The quantitative estimate of drug-likeness (QED) is 0.693. The first-order chi connectivity index (χ1) is 13.4. The Hall–Kier alpha value is -2.15. The molecule has 0 unspecified atom stereocenters. The molecule has 6 nitrogen and oxygen atoms in total. The van der Waals surface area contributed by atoms with Gasteiger partial charge in [-0.3, -0.25) is 14.4 Å². The molecule has 1 heterocycles. The fourth-order valence-electron chi connectivity index (χ4n) is 3.27. The van der Waals surface area contributed by atoms with E-state index >= 15 is 0 Å². The first-order valence-electron chi connectivity index (χ1n) is 9.67. The van der Waals surface area contributed by atoms with Gasteiger partial charge in [0, 0.05) is 57.1 Å². The molecule has 1 aliphatic rings. The summed E-state index contributed by atoms with van der Waals surface area (Å²) < 4.78 is 13.9. The lowest BCUT2D eigenvalue weighted by Gasteiger charge is -2.35. The van der Waals surface area contributed by atoms with Gasteiger partial charge in [0.2, 0.25) is 11.8 Å². The van der Waals surface area contributed by atoms with Crippen LogP contribution >= 0.6 is 11.6 Å². The zero-order valence-corrected chi connectivity index (χ0v) is 17.2. The fraction of sp³-hybridized carbons (Fsp3) is 0.550. The average Bonchev–Trinajstić information content (AvgIpc) is 2.70. The smallest absolute Gasteiger partial charge is 0.257 e. The van der Waals surface area contributed by atoms with Gasteiger partial charge in [0.15, 0.2) is 0 Å². The number of hydrogen-bond acceptors (Lipinski definition) is 3. The molecule has 0 saturated carbocycles. The number of benzene rings is 1. The molecule has 0 aliphatic carbocycles. The molecule has 2 rings (SSSR count). The second kappa shape index (κ2) is 10.4. The molecule has 0 aromatic heterocycles. The Morgan fingerprint density at radius 1 is 1.04 bits per heavy atom. The summed E-state index contributed by atoms with van der Waals surface area (Å²) in [6.07, 6.45) is 1.19. The van der Waals surface area contributed by atoms with Crippen molar-refractivity contribution in [3.05, 3.63) is 34.6 Å². The maximum atomic E-state index is 13.9. The zero-order chi connectivity index (χ0) is 20.7. The van der Waals surface area contributed by atoms with Crippen LogP contribution in [0, 0.1) is 5.82 Å². The van der Waals surface area contributed by atoms with E-state index in [-0.39, 0.29) is 17.4 Å². The molecule has 8 heteroatoms. The summed E-state index contributed by atoms with van der Waals surface area (Å²) in [7, 11) is 0. The van der Waals surface area contributed by atoms with E-state index in [0.29, 0.717) is 63.6 Å². The molecule has 1 saturated heterocycles. The predicted octanol–water partition coefficient (Wildman–Crippen LogP) is 2.80. The van der Waals surface area contributed by atoms with E-state index in [4.69, 9.17) is 11.6 Å². The molecular formula is C20H27ClFN3O3. The second-order valence-corrected chi connectivity index (χ2v) is 7.15. The highest BCUT2D eigenvalue weighted by Gasteiger charge is 2.26. The Morgan fingerprint density at radius 3 is 2.25 bits per heavy atom. The molecule has 154 valence electrons. The summed E-state index contributed by atoms with van der Waals surface area (Å²) in [6, 6.07) is 3.90. The Balaban J connectivity index is 1.80. The SMILES string of the molecule is CCN(CC)C(=O)CCCC(=O)N1CCN(C(=O)c2cc(Cl)ccc2F)CC1. The van der Waals surface area contributed by atoms with Gasteiger partial charge in [0.05, 0.1) is 5.56 Å². The van der Waals surface area contributed by atoms with Gasteiger partial charge in [-0.1, -0.05) is 11.6 Å². The van der Waals surface area contributed by atoms with Crippen LogP contribution in [0.15, 0.2) is 18.2 Å². The maximum Gasteiger partial charge on any atom is 0.257 e. The van der Waals surface area contributed by atoms with E-state index in [1.807, 2.05) is 13.8 Å². The van der Waals surface area contributed by atoms with Crippen molar-refractivity contribution >= 4 is 29.3 Å². The highest BCUT2D eigenvalue weighted by molar-refractivity contribution is 6.31. The molecule has 1 fully saturated rings. The highest BCUT2D eigenvalue weighted by Crippen LogP contribution is 2.18. The summed E-state index contributed by atoms with van der Waals surface area (Å²) >= 11 is 5.86. The third-order valence-corrected chi connectivity index (χ3v) is 5.21. The first-order valence-corrected chi connectivity index (χ1v) is 10.0. The van der Waals surface area contributed by atoms with E-state index in [1.165, 1.54) is 23.1 Å². The summed E-state index contributed by atoms with van der Waals surface area (Å²) in [5.74, 6) is -0.979. The first kappa shape index (κ1) is 22.1. The summed E-state index contributed by atoms with van der Waals surface area (Å²) in [5, 5.41) is 0.304. The number of rotatable bonds is 7. The highest BCUT2D eigenvalue weighted by atomic mass is 35.5. The molecule has 0 radical (unpaired) electrons. The standard InChI is InChI=1S/C20H27ClFN3O3/c1-3-23(4-2)18(26)6-5-7-19(27)24-10-12-25(13-11-24)20(28)16-14-15(21)8-9-17(16)22/h8-9,14H,3-7,10-13H2,1-2H3. The van der Waals surface area contributed by atoms with Crippen LogP contribution in [-0.2, 0) is 9.59 Å². The molecule has 0 bridgehead atoms. The minimum absolute atomic E-state index is 0.0200. The topological polar surface area (TPSA) is 60.9 Å². The summed E-state index contributed by atoms with van der Waals surface area (Å²) in [6.45, 7) is 6.70. The van der Waals surface area contributed by atoms with E-state index in [9.17, 15) is 18.8 Å². The molecule has 1 aromatic rings. The minimum Gasteiger partial charge on any atom is -0.343 e. The van der Waals surface area contributed by atoms with Crippen molar-refractivity contribution in [2.75, 3.05) is 39.3 Å². The molecule has 3 amide bonds. The van der Waals surface area contributed by atoms with Crippen LogP contribution in [0.2, 0.25) is 5.02 Å². The maximum absolute atomic E-state index is 13.9. The van der Waals surface area contributed by atoms with Crippen LogP contribution in [0.25, 0.3) is 0 Å². The Bertz CT molecular complexity index is 717. The van der Waals surface area contributed by atoms with E-state index in [2.05, 4.69) is 0 Å². The molecule has 0 spiro atoms. The van der Waals surface area contributed by atoms with Crippen molar-refractivity contribution in [3.8, 4) is 0 Å². The van der Waals surface area contributed by atoms with Gasteiger partial charge in [-0.2, -0.15) is 0 Å². The van der Waals surface area contributed by atoms with Crippen LogP contribution in [-0.4, -0.2) is 71.7 Å². The van der Waals surface area contributed by atoms with Crippen LogP contribution < -0.4 is 0 Å². The molecule has 0 N–H and O–H groups in total. The van der Waals surface area contributed by atoms with Crippen molar-refractivity contribution in [3.63, 3.8) is 0 Å². The minimum atomic E-state index is -0.606. The number of hydrogen-bond donors (Lipinski definition) is 0. The van der Waals surface area contributed by atoms with Gasteiger partial charge in [-0.25, -0.2) is 4.39 Å². The van der Waals surface area contributed by atoms with Crippen molar-refractivity contribution in [1.29, 1.82) is 0 Å². The van der Waals surface area contributed by atoms with Gasteiger partial charge in [0.1, 0.15) is 5.82 Å². The van der Waals surface area contributed by atoms with Crippen LogP contribution in [0.3, 0.4) is 0 Å². The van der Waals surface area contributed by atoms with E-state index in [1.54, 1.807) is 9.80 Å². The van der Waals surface area contributed by atoms with E-state index < -0.39 is 11.7 Å². The van der Waals surface area contributed by atoms with Crippen molar-refractivity contribution < 1.29 is 18.8 Å².